The standard InChI is InChI=1S/C39H53O19P3/c1-3-5-7-9-11-13-15-16-18-20-22-24-26-28-33(41)55-31(29-53-32(40)27-25-23-21-19-17-14-12-10-8-6-4-2)30-54-61(51,52)58-37-34(42)35(43)38(56-59(45,46)47)39(36(37)44)57-60(48,49)50/h31,34-39,42-44H,3,5,7,9,11,13,15-16,18,20,22,24,26,28-30H2,1-2H3,(H,51,52)(H2,45,46,47)(H2,48,49,50)/t31-,34-,35+,36?,37?,38?,39-/m1/s1. The zero-order chi connectivity index (χ0) is 45.7. The third-order valence-electron chi connectivity index (χ3n) is 8.25. The molecule has 61 heavy (non-hydrogen) atoms. The molecule has 4 unspecified atom stereocenters. The molecule has 0 aromatic carbocycles. The predicted molar refractivity (Wildman–Crippen MR) is 216 cm³/mol. The molecule has 0 spiro atoms. The molecule has 8 N–H and O–H groups in total. The summed E-state index contributed by atoms with van der Waals surface area (Å²) in [5, 5.41) is 31.7. The van der Waals surface area contributed by atoms with Gasteiger partial charge in [-0.15, -0.1) is 0 Å². The molecule has 0 aromatic rings. The van der Waals surface area contributed by atoms with Gasteiger partial charge in [-0.2, -0.15) is 0 Å². The molecular weight excluding hydrogens is 865 g/mol. The SMILES string of the molecule is CC#CC#CC#CC#CC#CC#CC(=O)OC[C@H](COP(=O)(O)OC1C(O)[C@@H](OP(=O)(O)O)C(OP(=O)(O)O)[C@@H](O)[C@H]1O)OC(=O)CCCCCCCCCCCCCCC. The zero-order valence-corrected chi connectivity index (χ0v) is 36.4. The summed E-state index contributed by atoms with van der Waals surface area (Å²) < 4.78 is 64.5. The fraction of sp³-hybridized carbons (Fsp3) is 0.641. The van der Waals surface area contributed by atoms with Crippen molar-refractivity contribution in [3.8, 4) is 71.0 Å². The van der Waals surface area contributed by atoms with Crippen LogP contribution in [0.15, 0.2) is 0 Å². The number of carbonyl (C=O) groups is 2. The number of esters is 2. The van der Waals surface area contributed by atoms with Crippen LogP contribution < -0.4 is 0 Å². The quantitative estimate of drug-likeness (QED) is 0.0203. The minimum atomic E-state index is -5.63. The van der Waals surface area contributed by atoms with Crippen LogP contribution in [0.5, 0.6) is 0 Å². The number of ether oxygens (including phenoxy) is 2. The minimum absolute atomic E-state index is 0.0765. The Hall–Kier alpha value is -3.49. The maximum absolute atomic E-state index is 13.0. The van der Waals surface area contributed by atoms with Gasteiger partial charge in [0, 0.05) is 12.3 Å². The van der Waals surface area contributed by atoms with Gasteiger partial charge in [0.05, 0.1) is 6.61 Å². The first-order valence-electron chi connectivity index (χ1n) is 19.3. The number of rotatable bonds is 26. The Labute approximate surface area is 356 Å². The fourth-order valence-corrected chi connectivity index (χ4v) is 7.56. The molecule has 1 rings (SSSR count). The Balaban J connectivity index is 2.95. The van der Waals surface area contributed by atoms with Gasteiger partial charge < -0.3 is 49.3 Å². The van der Waals surface area contributed by atoms with E-state index < -0.39 is 91.3 Å². The van der Waals surface area contributed by atoms with Crippen molar-refractivity contribution in [1.82, 2.24) is 0 Å². The summed E-state index contributed by atoms with van der Waals surface area (Å²) in [5.41, 5.74) is 0. The van der Waals surface area contributed by atoms with Crippen LogP contribution in [-0.4, -0.2) is 108 Å². The molecule has 0 heterocycles. The van der Waals surface area contributed by atoms with E-state index in [9.17, 15) is 63.1 Å². The second-order valence-electron chi connectivity index (χ2n) is 13.3. The Morgan fingerprint density at radius 3 is 1.46 bits per heavy atom. The first kappa shape index (κ1) is 55.5. The number of carbonyl (C=O) groups excluding carboxylic acids is 2. The van der Waals surface area contributed by atoms with Crippen molar-refractivity contribution in [2.75, 3.05) is 13.2 Å². The average molecular weight is 919 g/mol. The predicted octanol–water partition coefficient (Wildman–Crippen LogP) is 2.52. The van der Waals surface area contributed by atoms with Gasteiger partial charge in [0.15, 0.2) is 6.10 Å². The van der Waals surface area contributed by atoms with Crippen molar-refractivity contribution in [2.45, 2.75) is 146 Å². The first-order chi connectivity index (χ1) is 28.8. The number of aliphatic hydroxyl groups is 3. The van der Waals surface area contributed by atoms with Crippen molar-refractivity contribution >= 4 is 35.4 Å². The highest BCUT2D eigenvalue weighted by molar-refractivity contribution is 7.47. The fourth-order valence-electron chi connectivity index (χ4n) is 5.46. The lowest BCUT2D eigenvalue weighted by Gasteiger charge is -2.44. The lowest BCUT2D eigenvalue weighted by molar-refractivity contribution is -0.213. The van der Waals surface area contributed by atoms with Gasteiger partial charge in [0.25, 0.3) is 0 Å². The normalized spacial score (nSPS) is 20.9. The second kappa shape index (κ2) is 30.5. The lowest BCUT2D eigenvalue weighted by Crippen LogP contribution is -2.65. The lowest BCUT2D eigenvalue weighted by atomic mass is 9.85. The van der Waals surface area contributed by atoms with Crippen molar-refractivity contribution in [2.24, 2.45) is 0 Å². The van der Waals surface area contributed by atoms with E-state index in [0.29, 0.717) is 12.8 Å². The largest absolute Gasteiger partial charge is 0.472 e. The minimum Gasteiger partial charge on any atom is -0.456 e. The molecule has 0 bridgehead atoms. The summed E-state index contributed by atoms with van der Waals surface area (Å²) in [6.45, 7) is 1.99. The molecule has 0 amide bonds. The summed E-state index contributed by atoms with van der Waals surface area (Å²) in [5.74, 6) is 26.3. The van der Waals surface area contributed by atoms with Gasteiger partial charge in [-0.05, 0) is 72.5 Å². The molecule has 22 heteroatoms. The maximum atomic E-state index is 13.0. The van der Waals surface area contributed by atoms with Crippen LogP contribution in [-0.2, 0) is 50.9 Å². The van der Waals surface area contributed by atoms with E-state index in [4.69, 9.17) is 18.5 Å². The first-order valence-corrected chi connectivity index (χ1v) is 23.8. The van der Waals surface area contributed by atoms with Crippen LogP contribution in [0.1, 0.15) is 104 Å². The molecule has 0 aromatic heterocycles. The van der Waals surface area contributed by atoms with E-state index in [-0.39, 0.29) is 6.42 Å². The summed E-state index contributed by atoms with van der Waals surface area (Å²) in [6.07, 6.45) is -2.99. The molecule has 8 atom stereocenters. The topological polar surface area (TPSA) is 303 Å². The summed E-state index contributed by atoms with van der Waals surface area (Å²) in [7, 11) is -16.7. The van der Waals surface area contributed by atoms with Crippen LogP contribution >= 0.6 is 23.5 Å². The third kappa shape index (κ3) is 27.2. The van der Waals surface area contributed by atoms with Crippen LogP contribution in [0.4, 0.5) is 0 Å². The van der Waals surface area contributed by atoms with Crippen LogP contribution in [0.25, 0.3) is 0 Å². The monoisotopic (exact) mass is 918 g/mol. The molecule has 0 aliphatic heterocycles. The number of hydrogen-bond donors (Lipinski definition) is 8. The van der Waals surface area contributed by atoms with Crippen LogP contribution in [0, 0.1) is 71.0 Å². The van der Waals surface area contributed by atoms with Crippen molar-refractivity contribution in [3.63, 3.8) is 0 Å². The molecule has 0 saturated heterocycles. The Morgan fingerprint density at radius 2 is 0.984 bits per heavy atom. The van der Waals surface area contributed by atoms with Crippen LogP contribution in [0.3, 0.4) is 0 Å². The van der Waals surface area contributed by atoms with E-state index >= 15 is 0 Å². The molecular formula is C39H53O19P3. The number of aliphatic hydroxyl groups excluding tert-OH is 3. The summed E-state index contributed by atoms with van der Waals surface area (Å²) in [6, 6.07) is 0. The molecule has 1 aliphatic carbocycles. The number of phosphoric ester groups is 3. The van der Waals surface area contributed by atoms with E-state index in [0.717, 1.165) is 25.7 Å². The molecule has 19 nitrogen and oxygen atoms in total. The van der Waals surface area contributed by atoms with Gasteiger partial charge in [-0.1, -0.05) is 89.9 Å². The number of hydrogen-bond acceptors (Lipinski definition) is 14. The van der Waals surface area contributed by atoms with Gasteiger partial charge in [0.1, 0.15) is 43.2 Å². The third-order valence-corrected chi connectivity index (χ3v) is 10.3. The van der Waals surface area contributed by atoms with E-state index in [1.165, 1.54) is 44.9 Å². The highest BCUT2D eigenvalue weighted by Crippen LogP contribution is 2.51. The van der Waals surface area contributed by atoms with E-state index in [1.807, 2.05) is 5.92 Å². The van der Waals surface area contributed by atoms with E-state index in [1.54, 1.807) is 6.92 Å². The van der Waals surface area contributed by atoms with Gasteiger partial charge >= 0.3 is 35.4 Å². The molecule has 1 fully saturated rings. The molecule has 0 radical (unpaired) electrons. The average Bonchev–Trinajstić information content (AvgIpc) is 3.18. The van der Waals surface area contributed by atoms with E-state index in [2.05, 4.69) is 81.1 Å². The molecule has 1 aliphatic rings. The Kier molecular flexibility index (Phi) is 27.8. The van der Waals surface area contributed by atoms with Crippen molar-refractivity contribution in [1.29, 1.82) is 0 Å². The maximum Gasteiger partial charge on any atom is 0.472 e. The zero-order valence-electron chi connectivity index (χ0n) is 33.8. The smallest absolute Gasteiger partial charge is 0.456 e. The van der Waals surface area contributed by atoms with Crippen molar-refractivity contribution in [3.05, 3.63) is 0 Å². The van der Waals surface area contributed by atoms with Crippen molar-refractivity contribution < 1.29 is 90.6 Å². The Bertz CT molecular complexity index is 1930. The Morgan fingerprint density at radius 1 is 0.557 bits per heavy atom. The highest BCUT2D eigenvalue weighted by atomic mass is 31.2. The van der Waals surface area contributed by atoms with Gasteiger partial charge in [-0.3, -0.25) is 22.9 Å². The summed E-state index contributed by atoms with van der Waals surface area (Å²) in [4.78, 5) is 72.3. The van der Waals surface area contributed by atoms with Crippen LogP contribution in [0.2, 0.25) is 0 Å². The number of phosphoric acid groups is 3. The highest BCUT2D eigenvalue weighted by Gasteiger charge is 2.56. The van der Waals surface area contributed by atoms with Gasteiger partial charge in [-0.25, -0.2) is 18.5 Å². The molecule has 338 valence electrons. The summed E-state index contributed by atoms with van der Waals surface area (Å²) >= 11 is 0. The number of unbranched alkanes of at least 4 members (excludes halogenated alkanes) is 12. The van der Waals surface area contributed by atoms with Gasteiger partial charge in [0.2, 0.25) is 0 Å². The molecule has 1 saturated carbocycles. The second-order valence-corrected chi connectivity index (χ2v) is 17.0.